The zero-order valence-electron chi connectivity index (χ0n) is 34.5. The smallest absolute Gasteiger partial charge is 0.342 e. The third kappa shape index (κ3) is 24.2. The van der Waals surface area contributed by atoms with Crippen LogP contribution in [0.3, 0.4) is 0 Å². The van der Waals surface area contributed by atoms with E-state index in [1.54, 1.807) is 0 Å². The molecule has 0 aliphatic carbocycles. The van der Waals surface area contributed by atoms with Crippen LogP contribution in [0, 0.1) is 16.2 Å². The molecule has 20 N–H and O–H groups in total. The Bertz CT molecular complexity index is 1680. The van der Waals surface area contributed by atoms with Crippen LogP contribution in [-0.4, -0.2) is 126 Å². The Morgan fingerprint density at radius 2 is 1.26 bits per heavy atom. The summed E-state index contributed by atoms with van der Waals surface area (Å²) in [6, 6.07) is 7.27. The Balaban J connectivity index is 1.73. The molecule has 0 aliphatic rings. The highest BCUT2D eigenvalue weighted by Gasteiger charge is 2.17. The highest BCUT2D eigenvalue weighted by atomic mass is 35.5. The fourth-order valence-electron chi connectivity index (χ4n) is 5.36. The minimum Gasteiger partial charge on any atom is -0.492 e. The van der Waals surface area contributed by atoms with Crippen LogP contribution >= 0.6 is 23.5 Å². The molecule has 0 spiro atoms. The van der Waals surface area contributed by atoms with Crippen LogP contribution in [0.5, 0.6) is 5.75 Å². The van der Waals surface area contributed by atoms with Gasteiger partial charge in [0.2, 0.25) is 0 Å². The zero-order chi connectivity index (χ0) is 44.8. The lowest BCUT2D eigenvalue weighted by Gasteiger charge is -2.23. The first-order chi connectivity index (χ1) is 29.2. The summed E-state index contributed by atoms with van der Waals surface area (Å²) in [4.78, 5) is 46.9. The molecule has 1 aromatic heterocycles. The lowest BCUT2D eigenvalue weighted by Crippen LogP contribution is -2.41. The quantitative estimate of drug-likeness (QED) is 0.00999. The summed E-state index contributed by atoms with van der Waals surface area (Å²) >= 11 is 7.06. The number of aromatic nitrogens is 2. The maximum absolute atomic E-state index is 12.5. The van der Waals surface area contributed by atoms with Crippen molar-refractivity contribution in [3.63, 3.8) is 0 Å². The van der Waals surface area contributed by atoms with Gasteiger partial charge in [-0.05, 0) is 101 Å². The number of anilines is 2. The van der Waals surface area contributed by atoms with Crippen molar-refractivity contribution in [2.75, 3.05) is 82.7 Å². The van der Waals surface area contributed by atoms with Crippen molar-refractivity contribution in [1.82, 2.24) is 56.5 Å². The summed E-state index contributed by atoms with van der Waals surface area (Å²) in [6.45, 7) is 5.51. The molecule has 2 aromatic rings. The number of carbonyl (C=O) groups is 3. The van der Waals surface area contributed by atoms with Gasteiger partial charge in [0, 0.05) is 51.6 Å². The van der Waals surface area contributed by atoms with E-state index >= 15 is 0 Å². The zero-order valence-corrected chi connectivity index (χ0v) is 36.1. The Kier molecular flexibility index (Phi) is 25.6. The number of nitrogen functional groups attached to an aromatic ring is 2. The number of halogens is 1. The highest BCUT2D eigenvalue weighted by molar-refractivity contribution is 7.97. The van der Waals surface area contributed by atoms with Crippen LogP contribution in [-0.2, 0) is 6.42 Å². The molecule has 5 amide bonds. The fraction of sp³-hybridized carbons (Fsp3) is 0.556. The molecule has 23 nitrogen and oxygen atoms in total. The van der Waals surface area contributed by atoms with Gasteiger partial charge in [0.25, 0.3) is 5.91 Å². The van der Waals surface area contributed by atoms with Crippen molar-refractivity contribution in [3.8, 4) is 5.75 Å². The molecule has 0 fully saturated rings. The molecule has 0 aliphatic heterocycles. The van der Waals surface area contributed by atoms with Crippen LogP contribution in [0.1, 0.15) is 67.4 Å². The molecular weight excluding hydrogens is 830 g/mol. The third-order valence-corrected chi connectivity index (χ3v) is 9.73. The van der Waals surface area contributed by atoms with E-state index in [0.29, 0.717) is 84.1 Å². The standard InChI is InChI=1S/C36H64ClN19O4S/c37-28-30(39)53-29(38)27(52-28)31(57)54-34(44)48-16-2-1-9-25-10-12-26(13-11-25)60-23-22-55(20-7-18-50-35(58)49-17-4-3-14-46-32(40)41)21-8-19-51-36(59)56(45)61-24-6-5-15-47-33(42)43/h10-13H,1-9,14-24,45H2,(H,51,59)(H4,38,39,53)(H4,40,41,46)(H4,42,43,47)(H2,49,50,58)(H3,44,48,54,57). The maximum atomic E-state index is 12.5. The number of unbranched alkanes of at least 4 members (excludes halogenated alkanes) is 3. The molecule has 0 radical (unpaired) electrons. The molecule has 0 atom stereocenters. The van der Waals surface area contributed by atoms with Crippen molar-refractivity contribution >= 4 is 71.0 Å². The number of hydrogen-bond donors (Lipinski definition) is 15. The van der Waals surface area contributed by atoms with E-state index in [2.05, 4.69) is 52.1 Å². The molecule has 0 unspecified atom stereocenters. The van der Waals surface area contributed by atoms with Crippen LogP contribution in [0.2, 0.25) is 5.15 Å². The number of guanidine groups is 3. The van der Waals surface area contributed by atoms with Gasteiger partial charge in [-0.15, -0.1) is 0 Å². The topological polar surface area (TPSA) is 379 Å². The van der Waals surface area contributed by atoms with Gasteiger partial charge < -0.3 is 59.6 Å². The first kappa shape index (κ1) is 51.4. The van der Waals surface area contributed by atoms with Crippen molar-refractivity contribution in [3.05, 3.63) is 40.7 Å². The number of benzene rings is 1. The largest absolute Gasteiger partial charge is 0.492 e. The minimum absolute atomic E-state index is 0.0681. The fourth-order valence-corrected chi connectivity index (χ4v) is 6.20. The summed E-state index contributed by atoms with van der Waals surface area (Å²) in [6.07, 6.45) is 6.93. The Labute approximate surface area is 366 Å². The number of nitrogens with zero attached hydrogens (tertiary/aromatic N) is 4. The third-order valence-electron chi connectivity index (χ3n) is 8.54. The van der Waals surface area contributed by atoms with Gasteiger partial charge in [-0.3, -0.25) is 31.2 Å². The minimum atomic E-state index is -0.724. The van der Waals surface area contributed by atoms with Gasteiger partial charge in [0.05, 0.1) is 0 Å². The van der Waals surface area contributed by atoms with Gasteiger partial charge in [-0.25, -0.2) is 29.8 Å². The SMILES string of the molecule is N=C(N)NCCCCNC(=O)NCCCN(CCCNC(=O)N(N)SCCCCNC(=N)N)CCOc1ccc(CCCCNC(=N)NC(=O)c2nc(Cl)c(N)nc2N)cc1. The Morgan fingerprint density at radius 1 is 0.705 bits per heavy atom. The Hall–Kier alpha value is -5.72. The number of rotatable bonds is 29. The molecule has 1 aromatic carbocycles. The molecule has 0 saturated carbocycles. The van der Waals surface area contributed by atoms with Crippen molar-refractivity contribution in [2.45, 2.75) is 57.8 Å². The second-order valence-electron chi connectivity index (χ2n) is 13.6. The number of hydrazine groups is 1. The number of aryl methyl sites for hydroxylation is 1. The number of nitrogens with one attached hydrogen (secondary N) is 10. The maximum Gasteiger partial charge on any atom is 0.342 e. The van der Waals surface area contributed by atoms with E-state index in [1.165, 1.54) is 11.9 Å². The van der Waals surface area contributed by atoms with Crippen LogP contribution < -0.4 is 70.7 Å². The average molecular weight is 895 g/mol. The van der Waals surface area contributed by atoms with Gasteiger partial charge in [0.15, 0.2) is 40.4 Å². The predicted octanol–water partition coefficient (Wildman–Crippen LogP) is 0.392. The van der Waals surface area contributed by atoms with Crippen molar-refractivity contribution in [1.29, 1.82) is 16.2 Å². The van der Waals surface area contributed by atoms with E-state index in [0.717, 1.165) is 60.7 Å². The second kappa shape index (κ2) is 30.3. The van der Waals surface area contributed by atoms with Crippen molar-refractivity contribution < 1.29 is 19.1 Å². The van der Waals surface area contributed by atoms with E-state index in [4.69, 9.17) is 61.3 Å². The lowest BCUT2D eigenvalue weighted by molar-refractivity contribution is 0.0971. The molecule has 1 heterocycles. The van der Waals surface area contributed by atoms with Gasteiger partial charge in [0.1, 0.15) is 12.4 Å². The monoisotopic (exact) mass is 893 g/mol. The first-order valence-corrected chi connectivity index (χ1v) is 21.4. The van der Waals surface area contributed by atoms with E-state index in [9.17, 15) is 14.4 Å². The number of ether oxygens (including phenoxy) is 1. The second-order valence-corrected chi connectivity index (χ2v) is 15.0. The molecule has 2 rings (SSSR count). The summed E-state index contributed by atoms with van der Waals surface area (Å²) < 4.78 is 7.16. The normalized spacial score (nSPS) is 10.7. The van der Waals surface area contributed by atoms with Crippen LogP contribution in [0.25, 0.3) is 0 Å². The molecule has 25 heteroatoms. The summed E-state index contributed by atoms with van der Waals surface area (Å²) in [5, 5.41) is 41.5. The van der Waals surface area contributed by atoms with Gasteiger partial charge in [-0.1, -0.05) is 23.7 Å². The van der Waals surface area contributed by atoms with Crippen LogP contribution in [0.15, 0.2) is 24.3 Å². The van der Waals surface area contributed by atoms with Crippen LogP contribution in [0.4, 0.5) is 21.2 Å². The van der Waals surface area contributed by atoms with E-state index in [-0.39, 0.29) is 52.4 Å². The van der Waals surface area contributed by atoms with Gasteiger partial charge >= 0.3 is 12.1 Å². The molecule has 61 heavy (non-hydrogen) atoms. The number of amides is 5. The van der Waals surface area contributed by atoms with E-state index in [1.807, 2.05) is 24.3 Å². The number of urea groups is 2. The number of hydrogen-bond acceptors (Lipinski definition) is 14. The summed E-state index contributed by atoms with van der Waals surface area (Å²) in [5.74, 6) is 5.95. The molecule has 340 valence electrons. The molecule has 0 saturated heterocycles. The van der Waals surface area contributed by atoms with Crippen molar-refractivity contribution in [2.24, 2.45) is 17.3 Å². The highest BCUT2D eigenvalue weighted by Crippen LogP contribution is 2.17. The lowest BCUT2D eigenvalue weighted by atomic mass is 10.1. The van der Waals surface area contributed by atoms with Gasteiger partial charge in [-0.2, -0.15) is 0 Å². The molecular formula is C36H64ClN19O4S. The molecule has 0 bridgehead atoms. The number of carbonyl (C=O) groups excluding carboxylic acids is 3. The average Bonchev–Trinajstić information content (AvgIpc) is 3.21. The Morgan fingerprint density at radius 3 is 1.90 bits per heavy atom. The van der Waals surface area contributed by atoms with E-state index < -0.39 is 5.91 Å². The summed E-state index contributed by atoms with van der Waals surface area (Å²) in [5.41, 5.74) is 22.7. The predicted molar refractivity (Wildman–Crippen MR) is 241 cm³/mol. The first-order valence-electron chi connectivity index (χ1n) is 20.0. The summed E-state index contributed by atoms with van der Waals surface area (Å²) in [7, 11) is 0. The number of nitrogens with two attached hydrogens (primary N) is 5.